The van der Waals surface area contributed by atoms with Gasteiger partial charge < -0.3 is 19.6 Å². The third-order valence-electron chi connectivity index (χ3n) is 4.35. The van der Waals surface area contributed by atoms with Crippen molar-refractivity contribution in [3.05, 3.63) is 58.6 Å². The minimum absolute atomic E-state index is 0.111. The van der Waals surface area contributed by atoms with Gasteiger partial charge in [0.25, 0.3) is 5.91 Å². The molecule has 0 fully saturated rings. The number of halogens is 1. The maximum absolute atomic E-state index is 12.5. The number of nitrogens with one attached hydrogen (secondary N) is 1. The molecule has 0 aromatic heterocycles. The zero-order chi connectivity index (χ0) is 21.2. The number of hydrogen-bond donors (Lipinski definition) is 1. The Bertz CT molecular complexity index is 837. The van der Waals surface area contributed by atoms with Gasteiger partial charge in [0, 0.05) is 17.1 Å². The molecule has 2 aromatic carbocycles. The molecule has 0 aliphatic carbocycles. The Morgan fingerprint density at radius 3 is 2.48 bits per heavy atom. The summed E-state index contributed by atoms with van der Waals surface area (Å²) in [7, 11) is 3.02. The Kier molecular flexibility index (Phi) is 8.80. The van der Waals surface area contributed by atoms with Gasteiger partial charge in [0.1, 0.15) is 7.11 Å². The summed E-state index contributed by atoms with van der Waals surface area (Å²) in [6.07, 6.45) is 1.66. The fraction of sp³-hybridized carbons (Fsp3) is 0.364. The quantitative estimate of drug-likeness (QED) is 0.463. The third kappa shape index (κ3) is 6.68. The van der Waals surface area contributed by atoms with Gasteiger partial charge in [-0.2, -0.15) is 0 Å². The van der Waals surface area contributed by atoms with Gasteiger partial charge in [0.2, 0.25) is 0 Å². The summed E-state index contributed by atoms with van der Waals surface area (Å²) in [6, 6.07) is 12.6. The second-order valence-corrected chi connectivity index (χ2v) is 6.89. The first-order valence-electron chi connectivity index (χ1n) is 9.47. The van der Waals surface area contributed by atoms with Crippen molar-refractivity contribution in [1.82, 2.24) is 5.32 Å². The van der Waals surface area contributed by atoms with Crippen LogP contribution < -0.4 is 14.8 Å². The van der Waals surface area contributed by atoms with E-state index in [1.54, 1.807) is 31.4 Å². The van der Waals surface area contributed by atoms with E-state index in [9.17, 15) is 4.79 Å². The number of hydrogen-bond acceptors (Lipinski definition) is 5. The molecule has 0 saturated carbocycles. The predicted molar refractivity (Wildman–Crippen MR) is 115 cm³/mol. The number of rotatable bonds is 10. The van der Waals surface area contributed by atoms with E-state index in [1.165, 1.54) is 7.11 Å². The Hall–Kier alpha value is -2.73. The minimum atomic E-state index is -0.321. The van der Waals surface area contributed by atoms with Gasteiger partial charge in [-0.3, -0.25) is 4.79 Å². The van der Waals surface area contributed by atoms with Crippen LogP contribution in [0, 0.1) is 0 Å². The predicted octanol–water partition coefficient (Wildman–Crippen LogP) is 4.24. The van der Waals surface area contributed by atoms with E-state index in [2.05, 4.69) is 17.4 Å². The van der Waals surface area contributed by atoms with Gasteiger partial charge in [0.15, 0.2) is 17.2 Å². The van der Waals surface area contributed by atoms with E-state index in [0.29, 0.717) is 35.1 Å². The van der Waals surface area contributed by atoms with Gasteiger partial charge in [-0.05, 0) is 49.6 Å². The molecule has 0 radical (unpaired) electrons. The molecule has 156 valence electrons. The fourth-order valence-electron chi connectivity index (χ4n) is 2.59. The van der Waals surface area contributed by atoms with Crippen LogP contribution in [-0.4, -0.2) is 38.5 Å². The van der Waals surface area contributed by atoms with E-state index in [-0.39, 0.29) is 17.7 Å². The normalized spacial score (nSPS) is 12.2. The van der Waals surface area contributed by atoms with Crippen molar-refractivity contribution in [1.29, 1.82) is 0 Å². The lowest BCUT2D eigenvalue weighted by molar-refractivity contribution is -0.114. The zero-order valence-electron chi connectivity index (χ0n) is 17.2. The summed E-state index contributed by atoms with van der Waals surface area (Å²) < 4.78 is 11.3. The van der Waals surface area contributed by atoms with Crippen molar-refractivity contribution in [2.45, 2.75) is 32.8 Å². The SMILES string of the molecule is CCC(C)Oc1ccc(CCNC(=O)/C(=N\OC)c2ccc(Cl)cc2)cc1OC. The molecule has 1 atom stereocenters. The van der Waals surface area contributed by atoms with Crippen LogP contribution in [0.3, 0.4) is 0 Å². The second-order valence-electron chi connectivity index (χ2n) is 6.46. The molecule has 6 nitrogen and oxygen atoms in total. The molecule has 1 unspecified atom stereocenters. The Labute approximate surface area is 176 Å². The zero-order valence-corrected chi connectivity index (χ0v) is 18.0. The van der Waals surface area contributed by atoms with Gasteiger partial charge in [-0.15, -0.1) is 0 Å². The molecule has 2 aromatic rings. The largest absolute Gasteiger partial charge is 0.493 e. The Balaban J connectivity index is 1.99. The topological polar surface area (TPSA) is 69.2 Å². The molecule has 0 heterocycles. The van der Waals surface area contributed by atoms with E-state index in [1.807, 2.05) is 25.1 Å². The molecule has 1 amide bonds. The highest BCUT2D eigenvalue weighted by molar-refractivity contribution is 6.45. The summed E-state index contributed by atoms with van der Waals surface area (Å²) in [5, 5.41) is 7.30. The smallest absolute Gasteiger partial charge is 0.273 e. The molecule has 0 spiro atoms. The molecule has 1 N–H and O–H groups in total. The van der Waals surface area contributed by atoms with Crippen molar-refractivity contribution in [2.24, 2.45) is 5.16 Å². The lowest BCUT2D eigenvalue weighted by atomic mass is 10.1. The molecule has 0 saturated heterocycles. The van der Waals surface area contributed by atoms with E-state index in [0.717, 1.165) is 12.0 Å². The summed E-state index contributed by atoms with van der Waals surface area (Å²) >= 11 is 5.91. The van der Waals surface area contributed by atoms with Crippen molar-refractivity contribution in [2.75, 3.05) is 20.8 Å². The number of oxime groups is 1. The maximum atomic E-state index is 12.5. The van der Waals surface area contributed by atoms with Gasteiger partial charge >= 0.3 is 0 Å². The monoisotopic (exact) mass is 418 g/mol. The first kappa shape index (κ1) is 22.6. The average molecular weight is 419 g/mol. The number of carbonyl (C=O) groups excluding carboxylic acids is 1. The highest BCUT2D eigenvalue weighted by Crippen LogP contribution is 2.29. The highest BCUT2D eigenvalue weighted by atomic mass is 35.5. The van der Waals surface area contributed by atoms with Crippen LogP contribution in [0.25, 0.3) is 0 Å². The van der Waals surface area contributed by atoms with Gasteiger partial charge in [-0.25, -0.2) is 0 Å². The van der Waals surface area contributed by atoms with E-state index < -0.39 is 0 Å². The first-order valence-corrected chi connectivity index (χ1v) is 9.85. The third-order valence-corrected chi connectivity index (χ3v) is 4.60. The van der Waals surface area contributed by atoms with Crippen LogP contribution in [0.5, 0.6) is 11.5 Å². The van der Waals surface area contributed by atoms with Crippen LogP contribution >= 0.6 is 11.6 Å². The standard InChI is InChI=1S/C22H27ClN2O4/c1-5-15(2)29-19-11-6-16(14-20(19)27-3)12-13-24-22(26)21(25-28-4)17-7-9-18(23)10-8-17/h6-11,14-15H,5,12-13H2,1-4H3,(H,24,26)/b25-21-. The molecule has 2 rings (SSSR count). The first-order chi connectivity index (χ1) is 14.0. The molecule has 0 bridgehead atoms. The van der Waals surface area contributed by atoms with Gasteiger partial charge in [-0.1, -0.05) is 41.9 Å². The maximum Gasteiger partial charge on any atom is 0.273 e. The van der Waals surface area contributed by atoms with E-state index >= 15 is 0 Å². The van der Waals surface area contributed by atoms with Gasteiger partial charge in [0.05, 0.1) is 13.2 Å². The Morgan fingerprint density at radius 2 is 1.86 bits per heavy atom. The Morgan fingerprint density at radius 1 is 1.14 bits per heavy atom. The second kappa shape index (κ2) is 11.3. The summed E-state index contributed by atoms with van der Waals surface area (Å²) in [6.45, 7) is 4.52. The van der Waals surface area contributed by atoms with Crippen LogP contribution in [0.15, 0.2) is 47.6 Å². The molecule has 29 heavy (non-hydrogen) atoms. The van der Waals surface area contributed by atoms with Crippen molar-refractivity contribution in [3.63, 3.8) is 0 Å². The lowest BCUT2D eigenvalue weighted by Crippen LogP contribution is -2.33. The minimum Gasteiger partial charge on any atom is -0.493 e. The summed E-state index contributed by atoms with van der Waals surface area (Å²) in [4.78, 5) is 17.4. The van der Waals surface area contributed by atoms with Crippen molar-refractivity contribution in [3.8, 4) is 11.5 Å². The molecule has 0 aliphatic heterocycles. The fourth-order valence-corrected chi connectivity index (χ4v) is 2.72. The molecule has 0 aliphatic rings. The molecule has 7 heteroatoms. The number of amides is 1. The van der Waals surface area contributed by atoms with Crippen molar-refractivity contribution < 1.29 is 19.1 Å². The summed E-state index contributed by atoms with van der Waals surface area (Å²) in [5.74, 6) is 1.07. The lowest BCUT2D eigenvalue weighted by Gasteiger charge is -2.16. The summed E-state index contributed by atoms with van der Waals surface area (Å²) in [5.41, 5.74) is 1.84. The molecular weight excluding hydrogens is 392 g/mol. The number of methoxy groups -OCH3 is 1. The van der Waals surface area contributed by atoms with Crippen LogP contribution in [0.2, 0.25) is 5.02 Å². The highest BCUT2D eigenvalue weighted by Gasteiger charge is 2.15. The number of benzene rings is 2. The van der Waals surface area contributed by atoms with Crippen LogP contribution in [0.1, 0.15) is 31.4 Å². The number of carbonyl (C=O) groups is 1. The number of ether oxygens (including phenoxy) is 2. The van der Waals surface area contributed by atoms with Crippen molar-refractivity contribution >= 4 is 23.2 Å². The van der Waals surface area contributed by atoms with Crippen LogP contribution in [0.4, 0.5) is 0 Å². The van der Waals surface area contributed by atoms with E-state index in [4.69, 9.17) is 25.9 Å². The average Bonchev–Trinajstić information content (AvgIpc) is 2.73. The van der Waals surface area contributed by atoms with Crippen LogP contribution in [-0.2, 0) is 16.1 Å². The molecular formula is C22H27ClN2O4. The number of nitrogens with zero attached hydrogens (tertiary/aromatic N) is 1.